The minimum absolute atomic E-state index is 0. The van der Waals surface area contributed by atoms with Gasteiger partial charge in [0.15, 0.2) is 5.96 Å². The molecule has 27 heavy (non-hydrogen) atoms. The van der Waals surface area contributed by atoms with E-state index in [4.69, 9.17) is 9.47 Å². The fraction of sp³-hybridized carbons (Fsp3) is 0.950. The van der Waals surface area contributed by atoms with Crippen molar-refractivity contribution in [2.24, 2.45) is 4.99 Å². The van der Waals surface area contributed by atoms with Crippen LogP contribution in [-0.4, -0.2) is 87.0 Å². The zero-order valence-electron chi connectivity index (χ0n) is 17.2. The smallest absolute Gasteiger partial charge is 0.193 e. The van der Waals surface area contributed by atoms with Crippen LogP contribution in [0.1, 0.15) is 51.9 Å². The van der Waals surface area contributed by atoms with Gasteiger partial charge in [0.2, 0.25) is 0 Å². The molecular weight excluding hydrogens is 455 g/mol. The molecule has 7 heteroatoms. The molecule has 3 unspecified atom stereocenters. The van der Waals surface area contributed by atoms with Crippen molar-refractivity contribution in [2.75, 3.05) is 53.0 Å². The summed E-state index contributed by atoms with van der Waals surface area (Å²) in [6.45, 7) is 9.20. The van der Waals surface area contributed by atoms with Gasteiger partial charge in [-0.1, -0.05) is 19.8 Å². The molecule has 3 aliphatic rings. The molecule has 0 saturated carbocycles. The Bertz CT molecular complexity index is 446. The molecule has 0 spiro atoms. The predicted molar refractivity (Wildman–Crippen MR) is 121 cm³/mol. The van der Waals surface area contributed by atoms with E-state index in [9.17, 15) is 0 Å². The molecule has 1 N–H and O–H groups in total. The molecule has 3 aliphatic heterocycles. The van der Waals surface area contributed by atoms with E-state index in [1.807, 2.05) is 7.05 Å². The van der Waals surface area contributed by atoms with Gasteiger partial charge >= 0.3 is 0 Å². The lowest BCUT2D eigenvalue weighted by molar-refractivity contribution is -0.0817. The highest BCUT2D eigenvalue weighted by molar-refractivity contribution is 14.0. The second-order valence-corrected chi connectivity index (χ2v) is 7.87. The summed E-state index contributed by atoms with van der Waals surface area (Å²) in [4.78, 5) is 9.60. The monoisotopic (exact) mass is 494 g/mol. The summed E-state index contributed by atoms with van der Waals surface area (Å²) in [5.74, 6) is 1.03. The van der Waals surface area contributed by atoms with Crippen LogP contribution in [0.4, 0.5) is 0 Å². The molecule has 0 bridgehead atoms. The third-order valence-electron chi connectivity index (χ3n) is 6.03. The molecule has 158 valence electrons. The van der Waals surface area contributed by atoms with Crippen LogP contribution in [-0.2, 0) is 9.47 Å². The zero-order chi connectivity index (χ0) is 18.2. The Labute approximate surface area is 182 Å². The summed E-state index contributed by atoms with van der Waals surface area (Å²) in [6.07, 6.45) is 9.31. The molecule has 6 nitrogen and oxygen atoms in total. The Morgan fingerprint density at radius 3 is 2.67 bits per heavy atom. The molecule has 3 saturated heterocycles. The molecule has 0 aromatic rings. The van der Waals surface area contributed by atoms with Crippen molar-refractivity contribution in [1.82, 2.24) is 15.1 Å². The van der Waals surface area contributed by atoms with E-state index in [2.05, 4.69) is 27.0 Å². The van der Waals surface area contributed by atoms with Crippen molar-refractivity contribution in [3.63, 3.8) is 0 Å². The number of unbranched alkanes of at least 4 members (excludes halogenated alkanes) is 1. The first kappa shape index (κ1) is 23.2. The van der Waals surface area contributed by atoms with Crippen molar-refractivity contribution in [2.45, 2.75) is 70.1 Å². The molecule has 0 radical (unpaired) electrons. The first-order chi connectivity index (χ1) is 12.8. The van der Waals surface area contributed by atoms with Gasteiger partial charge in [-0.15, -0.1) is 24.0 Å². The van der Waals surface area contributed by atoms with Crippen LogP contribution in [0, 0.1) is 0 Å². The molecule has 0 aromatic carbocycles. The maximum absolute atomic E-state index is 5.98. The average Bonchev–Trinajstić information content (AvgIpc) is 3.23. The molecule has 0 aromatic heterocycles. The number of hydrogen-bond donors (Lipinski definition) is 1. The topological polar surface area (TPSA) is 49.3 Å². The minimum atomic E-state index is 0. The van der Waals surface area contributed by atoms with E-state index in [-0.39, 0.29) is 36.2 Å². The standard InChI is InChI=1S/C20H38N4O2.HI/c1-3-4-10-23-11-6-5-8-17(23)15-22-20(21-2)24-12-14-26-19(16-24)18-9-7-13-25-18;/h17-19H,3-16H2,1-2H3,(H,21,22);1H. The predicted octanol–water partition coefficient (Wildman–Crippen LogP) is 2.71. The third kappa shape index (κ3) is 6.72. The first-order valence-electron chi connectivity index (χ1n) is 10.7. The Balaban J connectivity index is 0.00000261. The lowest BCUT2D eigenvalue weighted by atomic mass is 10.0. The van der Waals surface area contributed by atoms with Crippen molar-refractivity contribution >= 4 is 29.9 Å². The van der Waals surface area contributed by atoms with Crippen LogP contribution < -0.4 is 5.32 Å². The number of aliphatic imine (C=N–C) groups is 1. The fourth-order valence-electron chi connectivity index (χ4n) is 4.48. The highest BCUT2D eigenvalue weighted by Crippen LogP contribution is 2.21. The maximum Gasteiger partial charge on any atom is 0.193 e. The number of nitrogens with zero attached hydrogens (tertiary/aromatic N) is 3. The molecule has 0 aliphatic carbocycles. The summed E-state index contributed by atoms with van der Waals surface area (Å²) < 4.78 is 11.8. The second kappa shape index (κ2) is 12.4. The maximum atomic E-state index is 5.98. The van der Waals surface area contributed by atoms with E-state index < -0.39 is 0 Å². The number of morpholine rings is 1. The van der Waals surface area contributed by atoms with Crippen molar-refractivity contribution in [3.05, 3.63) is 0 Å². The highest BCUT2D eigenvalue weighted by atomic mass is 127. The van der Waals surface area contributed by atoms with Crippen LogP contribution in [0.2, 0.25) is 0 Å². The normalized spacial score (nSPS) is 30.2. The van der Waals surface area contributed by atoms with Gasteiger partial charge in [0.25, 0.3) is 0 Å². The summed E-state index contributed by atoms with van der Waals surface area (Å²) in [5.41, 5.74) is 0. The Hall–Kier alpha value is -0.120. The number of guanidine groups is 1. The summed E-state index contributed by atoms with van der Waals surface area (Å²) in [6, 6.07) is 0.641. The first-order valence-corrected chi connectivity index (χ1v) is 10.7. The third-order valence-corrected chi connectivity index (χ3v) is 6.03. The minimum Gasteiger partial charge on any atom is -0.375 e. The molecule has 3 atom stereocenters. The van der Waals surface area contributed by atoms with Gasteiger partial charge in [-0.25, -0.2) is 0 Å². The van der Waals surface area contributed by atoms with E-state index >= 15 is 0 Å². The van der Waals surface area contributed by atoms with Gasteiger partial charge in [-0.3, -0.25) is 9.89 Å². The molecule has 3 rings (SSSR count). The molecule has 0 amide bonds. The molecular formula is C20H39IN4O2. The number of nitrogens with one attached hydrogen (secondary N) is 1. The average molecular weight is 494 g/mol. The van der Waals surface area contributed by atoms with Crippen LogP contribution in [0.15, 0.2) is 4.99 Å². The Morgan fingerprint density at radius 1 is 1.07 bits per heavy atom. The number of ether oxygens (including phenoxy) is 2. The van der Waals surface area contributed by atoms with Crippen LogP contribution in [0.3, 0.4) is 0 Å². The summed E-state index contributed by atoms with van der Waals surface area (Å²) in [7, 11) is 1.90. The van der Waals surface area contributed by atoms with Gasteiger partial charge < -0.3 is 19.7 Å². The van der Waals surface area contributed by atoms with E-state index in [1.54, 1.807) is 0 Å². The number of rotatable bonds is 6. The van der Waals surface area contributed by atoms with Gasteiger partial charge in [0.05, 0.1) is 12.7 Å². The van der Waals surface area contributed by atoms with Gasteiger partial charge in [-0.2, -0.15) is 0 Å². The van der Waals surface area contributed by atoms with E-state index in [1.165, 1.54) is 45.2 Å². The quantitative estimate of drug-likeness (QED) is 0.350. The lowest BCUT2D eigenvalue weighted by Gasteiger charge is -2.39. The van der Waals surface area contributed by atoms with E-state index in [0.717, 1.165) is 51.6 Å². The van der Waals surface area contributed by atoms with Crippen molar-refractivity contribution < 1.29 is 9.47 Å². The summed E-state index contributed by atoms with van der Waals surface area (Å²) in [5, 5.41) is 3.66. The number of hydrogen-bond acceptors (Lipinski definition) is 4. The second-order valence-electron chi connectivity index (χ2n) is 7.87. The van der Waals surface area contributed by atoms with E-state index in [0.29, 0.717) is 6.04 Å². The largest absolute Gasteiger partial charge is 0.375 e. The Morgan fingerprint density at radius 2 is 1.93 bits per heavy atom. The van der Waals surface area contributed by atoms with Gasteiger partial charge in [-0.05, 0) is 45.2 Å². The zero-order valence-corrected chi connectivity index (χ0v) is 19.5. The van der Waals surface area contributed by atoms with Gasteiger partial charge in [0.1, 0.15) is 6.10 Å². The molecule has 3 fully saturated rings. The number of halogens is 1. The summed E-state index contributed by atoms with van der Waals surface area (Å²) >= 11 is 0. The van der Waals surface area contributed by atoms with Crippen molar-refractivity contribution in [3.8, 4) is 0 Å². The van der Waals surface area contributed by atoms with Crippen LogP contribution in [0.5, 0.6) is 0 Å². The SMILES string of the molecule is CCCCN1CCCCC1CNC(=NC)N1CCOC(C2CCCO2)C1.I. The van der Waals surface area contributed by atoms with Gasteiger partial charge in [0, 0.05) is 39.3 Å². The Kier molecular flexibility index (Phi) is 10.7. The lowest BCUT2D eigenvalue weighted by Crippen LogP contribution is -2.55. The van der Waals surface area contributed by atoms with Crippen molar-refractivity contribution in [1.29, 1.82) is 0 Å². The number of piperidine rings is 1. The molecule has 3 heterocycles. The highest BCUT2D eigenvalue weighted by Gasteiger charge is 2.32. The fourth-order valence-corrected chi connectivity index (χ4v) is 4.48. The van der Waals surface area contributed by atoms with Crippen LogP contribution in [0.25, 0.3) is 0 Å². The van der Waals surface area contributed by atoms with Crippen LogP contribution >= 0.6 is 24.0 Å². The number of likely N-dealkylation sites (tertiary alicyclic amines) is 1.